The highest BCUT2D eigenvalue weighted by atomic mass is 16.5. The molecule has 1 atom stereocenters. The van der Waals surface area contributed by atoms with Crippen LogP contribution in [0.4, 0.5) is 11.4 Å². The maximum absolute atomic E-state index is 5.26. The van der Waals surface area contributed by atoms with Crippen LogP contribution in [0.25, 0.3) is 0 Å². The van der Waals surface area contributed by atoms with Gasteiger partial charge in [-0.05, 0) is 74.2 Å². The van der Waals surface area contributed by atoms with Gasteiger partial charge in [0.2, 0.25) is 0 Å². The number of ether oxygens (including phenoxy) is 2. The highest BCUT2D eigenvalue weighted by Crippen LogP contribution is 2.29. The molecule has 1 saturated heterocycles. The zero-order valence-corrected chi connectivity index (χ0v) is 15.2. The van der Waals surface area contributed by atoms with Gasteiger partial charge >= 0.3 is 0 Å². The fourth-order valence-corrected chi connectivity index (χ4v) is 3.53. The summed E-state index contributed by atoms with van der Waals surface area (Å²) in [6.07, 6.45) is 4.95. The molecule has 3 rings (SSSR count). The lowest BCUT2D eigenvalue weighted by Gasteiger charge is -2.27. The molecule has 1 aliphatic heterocycles. The van der Waals surface area contributed by atoms with E-state index in [0.29, 0.717) is 6.04 Å². The second kappa shape index (κ2) is 8.65. The van der Waals surface area contributed by atoms with E-state index in [4.69, 9.17) is 9.47 Å². The molecule has 1 N–H and O–H groups in total. The Hall–Kier alpha value is -2.36. The molecule has 1 unspecified atom stereocenters. The second-order valence-corrected chi connectivity index (χ2v) is 6.48. The van der Waals surface area contributed by atoms with Gasteiger partial charge in [-0.25, -0.2) is 0 Å². The molecule has 1 fully saturated rings. The van der Waals surface area contributed by atoms with Crippen molar-refractivity contribution in [1.29, 1.82) is 0 Å². The number of hydrogen-bond donors (Lipinski definition) is 1. The molecule has 0 aliphatic carbocycles. The predicted molar refractivity (Wildman–Crippen MR) is 104 cm³/mol. The first-order valence-electron chi connectivity index (χ1n) is 9.09. The lowest BCUT2D eigenvalue weighted by Crippen LogP contribution is -2.29. The van der Waals surface area contributed by atoms with E-state index in [9.17, 15) is 0 Å². The Labute approximate surface area is 150 Å². The first-order valence-corrected chi connectivity index (χ1v) is 9.09. The molecule has 0 bridgehead atoms. The smallest absolute Gasteiger partial charge is 0.119 e. The van der Waals surface area contributed by atoms with Gasteiger partial charge in [0.15, 0.2) is 0 Å². The number of nitrogens with zero attached hydrogens (tertiary/aromatic N) is 1. The Morgan fingerprint density at radius 1 is 0.960 bits per heavy atom. The van der Waals surface area contributed by atoms with Crippen molar-refractivity contribution in [3.8, 4) is 11.5 Å². The second-order valence-electron chi connectivity index (χ2n) is 6.48. The Bertz CT molecular complexity index is 640. The molecule has 2 aromatic carbocycles. The van der Waals surface area contributed by atoms with Crippen LogP contribution < -0.4 is 19.7 Å². The van der Waals surface area contributed by atoms with Gasteiger partial charge in [-0.1, -0.05) is 0 Å². The SMILES string of the molecule is COc1ccc(NCCCC2CCCN2c2ccc(OC)cc2)cc1. The van der Waals surface area contributed by atoms with E-state index in [0.717, 1.165) is 30.3 Å². The standard InChI is InChI=1S/C21H28N2O2/c1-24-20-11-7-17(8-12-20)22-15-3-5-18-6-4-16-23(18)19-9-13-21(25-2)14-10-19/h7-14,18,22H,3-6,15-16H2,1-2H3. The van der Waals surface area contributed by atoms with Gasteiger partial charge in [0.25, 0.3) is 0 Å². The maximum Gasteiger partial charge on any atom is 0.119 e. The average Bonchev–Trinajstić information content (AvgIpc) is 3.14. The van der Waals surface area contributed by atoms with Gasteiger partial charge in [0.1, 0.15) is 11.5 Å². The number of anilines is 2. The van der Waals surface area contributed by atoms with E-state index in [1.165, 1.54) is 31.4 Å². The van der Waals surface area contributed by atoms with Gasteiger partial charge in [-0.15, -0.1) is 0 Å². The van der Waals surface area contributed by atoms with Gasteiger partial charge in [-0.2, -0.15) is 0 Å². The van der Waals surface area contributed by atoms with Crippen molar-refractivity contribution >= 4 is 11.4 Å². The van der Waals surface area contributed by atoms with Gasteiger partial charge in [0.05, 0.1) is 14.2 Å². The van der Waals surface area contributed by atoms with E-state index in [1.807, 2.05) is 12.1 Å². The quantitative estimate of drug-likeness (QED) is 0.714. The number of nitrogens with one attached hydrogen (secondary N) is 1. The minimum Gasteiger partial charge on any atom is -0.497 e. The third-order valence-electron chi connectivity index (χ3n) is 4.91. The number of hydrogen-bond acceptors (Lipinski definition) is 4. The van der Waals surface area contributed by atoms with Crippen LogP contribution in [-0.4, -0.2) is 33.4 Å². The van der Waals surface area contributed by atoms with Crippen molar-refractivity contribution in [1.82, 2.24) is 0 Å². The molecule has 4 nitrogen and oxygen atoms in total. The van der Waals surface area contributed by atoms with Crippen molar-refractivity contribution in [2.45, 2.75) is 31.7 Å². The largest absolute Gasteiger partial charge is 0.497 e. The fourth-order valence-electron chi connectivity index (χ4n) is 3.53. The summed E-state index contributed by atoms with van der Waals surface area (Å²) < 4.78 is 10.4. The lowest BCUT2D eigenvalue weighted by atomic mass is 10.1. The minimum atomic E-state index is 0.645. The van der Waals surface area contributed by atoms with E-state index >= 15 is 0 Å². The molecule has 1 aliphatic rings. The van der Waals surface area contributed by atoms with Gasteiger partial charge in [0, 0.05) is 30.5 Å². The van der Waals surface area contributed by atoms with Crippen molar-refractivity contribution in [2.24, 2.45) is 0 Å². The Morgan fingerprint density at radius 3 is 2.24 bits per heavy atom. The molecule has 0 amide bonds. The van der Waals surface area contributed by atoms with Gasteiger partial charge < -0.3 is 19.7 Å². The lowest BCUT2D eigenvalue weighted by molar-refractivity contribution is 0.414. The summed E-state index contributed by atoms with van der Waals surface area (Å²) in [5.41, 5.74) is 2.46. The van der Waals surface area contributed by atoms with E-state index < -0.39 is 0 Å². The Morgan fingerprint density at radius 2 is 1.60 bits per heavy atom. The normalized spacial score (nSPS) is 16.7. The molecule has 1 heterocycles. The van der Waals surface area contributed by atoms with Crippen molar-refractivity contribution in [2.75, 3.05) is 37.5 Å². The molecule has 134 valence electrons. The summed E-state index contributed by atoms with van der Waals surface area (Å²) in [5.74, 6) is 1.81. The van der Waals surface area contributed by atoms with Crippen LogP contribution >= 0.6 is 0 Å². The van der Waals surface area contributed by atoms with E-state index in [1.54, 1.807) is 14.2 Å². The zero-order chi connectivity index (χ0) is 17.5. The molecule has 4 heteroatoms. The first kappa shape index (κ1) is 17.5. The van der Waals surface area contributed by atoms with E-state index in [-0.39, 0.29) is 0 Å². The van der Waals surface area contributed by atoms with E-state index in [2.05, 4.69) is 46.6 Å². The zero-order valence-electron chi connectivity index (χ0n) is 15.2. The van der Waals surface area contributed by atoms with Crippen molar-refractivity contribution in [3.05, 3.63) is 48.5 Å². The summed E-state index contributed by atoms with van der Waals surface area (Å²) in [6, 6.07) is 17.2. The summed E-state index contributed by atoms with van der Waals surface area (Å²) >= 11 is 0. The third kappa shape index (κ3) is 4.59. The van der Waals surface area contributed by atoms with Crippen LogP contribution in [0.5, 0.6) is 11.5 Å². The fraction of sp³-hybridized carbons (Fsp3) is 0.429. The summed E-state index contributed by atoms with van der Waals surface area (Å²) in [4.78, 5) is 2.55. The maximum atomic E-state index is 5.26. The number of benzene rings is 2. The average molecular weight is 340 g/mol. The van der Waals surface area contributed by atoms with Crippen LogP contribution in [0.3, 0.4) is 0 Å². The number of rotatable bonds is 8. The monoisotopic (exact) mass is 340 g/mol. The molecule has 0 saturated carbocycles. The third-order valence-corrected chi connectivity index (χ3v) is 4.91. The predicted octanol–water partition coefficient (Wildman–Crippen LogP) is 4.56. The van der Waals surface area contributed by atoms with Crippen LogP contribution in [0, 0.1) is 0 Å². The van der Waals surface area contributed by atoms with Gasteiger partial charge in [-0.3, -0.25) is 0 Å². The minimum absolute atomic E-state index is 0.645. The molecular weight excluding hydrogens is 312 g/mol. The topological polar surface area (TPSA) is 33.7 Å². The molecular formula is C21H28N2O2. The molecule has 0 radical (unpaired) electrons. The highest BCUT2D eigenvalue weighted by molar-refractivity contribution is 5.51. The summed E-state index contributed by atoms with van der Waals surface area (Å²) in [5, 5.41) is 3.50. The summed E-state index contributed by atoms with van der Waals surface area (Å²) in [7, 11) is 3.40. The Kier molecular flexibility index (Phi) is 6.04. The van der Waals surface area contributed by atoms with Crippen LogP contribution in [0.2, 0.25) is 0 Å². The van der Waals surface area contributed by atoms with Crippen molar-refractivity contribution in [3.63, 3.8) is 0 Å². The van der Waals surface area contributed by atoms with Crippen LogP contribution in [0.15, 0.2) is 48.5 Å². The molecule has 2 aromatic rings. The van der Waals surface area contributed by atoms with Crippen molar-refractivity contribution < 1.29 is 9.47 Å². The molecule has 0 spiro atoms. The number of methoxy groups -OCH3 is 2. The van der Waals surface area contributed by atoms with Crippen LogP contribution in [0.1, 0.15) is 25.7 Å². The first-order chi connectivity index (χ1) is 12.3. The summed E-state index contributed by atoms with van der Waals surface area (Å²) in [6.45, 7) is 2.15. The van der Waals surface area contributed by atoms with Crippen LogP contribution in [-0.2, 0) is 0 Å². The Balaban J connectivity index is 1.46. The molecule has 25 heavy (non-hydrogen) atoms. The molecule has 0 aromatic heterocycles. The highest BCUT2D eigenvalue weighted by Gasteiger charge is 2.24.